The van der Waals surface area contributed by atoms with E-state index in [1.165, 1.54) is 19.3 Å². The van der Waals surface area contributed by atoms with Crippen LogP contribution in [0.15, 0.2) is 18.2 Å². The number of nitrogens with two attached hydrogens (primary N) is 1. The van der Waals surface area contributed by atoms with Gasteiger partial charge >= 0.3 is 0 Å². The topological polar surface area (TPSA) is 64.1 Å². The van der Waals surface area contributed by atoms with Gasteiger partial charge in [0.25, 0.3) is 0 Å². The van der Waals surface area contributed by atoms with Crippen LogP contribution in [-0.2, 0) is 6.54 Å². The maximum Gasteiger partial charge on any atom is 0.138 e. The van der Waals surface area contributed by atoms with E-state index in [0.717, 1.165) is 35.7 Å². The molecule has 0 radical (unpaired) electrons. The molecule has 1 aliphatic carbocycles. The molecule has 3 rings (SSSR count). The summed E-state index contributed by atoms with van der Waals surface area (Å²) in [5, 5.41) is 9.88. The van der Waals surface area contributed by atoms with Gasteiger partial charge in [-0.15, -0.1) is 0 Å². The second kappa shape index (κ2) is 4.85. The molecule has 1 saturated carbocycles. The Hall–Kier alpha value is -1.55. The van der Waals surface area contributed by atoms with Crippen LogP contribution in [0.5, 0.6) is 0 Å². The van der Waals surface area contributed by atoms with Gasteiger partial charge in [0.05, 0.1) is 11.0 Å². The molecular formula is C15H21N3O. The van der Waals surface area contributed by atoms with Crippen LogP contribution in [0.2, 0.25) is 0 Å². The van der Waals surface area contributed by atoms with E-state index in [4.69, 9.17) is 5.73 Å². The summed E-state index contributed by atoms with van der Waals surface area (Å²) in [6.07, 6.45) is 4.68. The van der Waals surface area contributed by atoms with Gasteiger partial charge in [-0.2, -0.15) is 0 Å². The van der Waals surface area contributed by atoms with Crippen LogP contribution < -0.4 is 5.73 Å². The Morgan fingerprint density at radius 1 is 1.47 bits per heavy atom. The minimum absolute atomic E-state index is 0.547. The summed E-state index contributed by atoms with van der Waals surface area (Å²) in [5.74, 6) is 1.69. The number of imidazole rings is 1. The van der Waals surface area contributed by atoms with Gasteiger partial charge in [-0.1, -0.05) is 12.8 Å². The van der Waals surface area contributed by atoms with Crippen molar-refractivity contribution in [1.29, 1.82) is 0 Å². The number of rotatable bonds is 5. The van der Waals surface area contributed by atoms with Crippen LogP contribution in [0, 0.1) is 5.92 Å². The minimum atomic E-state index is -0.547. The van der Waals surface area contributed by atoms with Crippen LogP contribution in [-0.4, -0.2) is 14.7 Å². The number of aromatic nitrogens is 2. The summed E-state index contributed by atoms with van der Waals surface area (Å²) in [4.78, 5) is 4.52. The number of aliphatic hydroxyl groups excluding tert-OH is 1. The highest BCUT2D eigenvalue weighted by Gasteiger charge is 2.21. The van der Waals surface area contributed by atoms with Gasteiger partial charge in [-0.3, -0.25) is 0 Å². The molecule has 102 valence electrons. The van der Waals surface area contributed by atoms with Gasteiger partial charge in [-0.05, 0) is 43.9 Å². The Balaban J connectivity index is 1.90. The highest BCUT2D eigenvalue weighted by atomic mass is 16.3. The second-order valence-corrected chi connectivity index (χ2v) is 5.63. The SMILES string of the molecule is CC(O)c1nc2cc(N)ccc2n1CCCC1CC1. The highest BCUT2D eigenvalue weighted by Crippen LogP contribution is 2.34. The van der Waals surface area contributed by atoms with Crippen LogP contribution in [0.25, 0.3) is 11.0 Å². The van der Waals surface area contributed by atoms with Gasteiger partial charge in [-0.25, -0.2) is 4.98 Å². The van der Waals surface area contributed by atoms with Crippen LogP contribution in [0.1, 0.15) is 44.5 Å². The molecule has 1 atom stereocenters. The quantitative estimate of drug-likeness (QED) is 0.811. The van der Waals surface area contributed by atoms with Crippen molar-refractivity contribution in [2.45, 2.75) is 45.3 Å². The molecule has 4 nitrogen and oxygen atoms in total. The third-order valence-corrected chi connectivity index (χ3v) is 3.87. The van der Waals surface area contributed by atoms with Crippen LogP contribution in [0.3, 0.4) is 0 Å². The van der Waals surface area contributed by atoms with Gasteiger partial charge < -0.3 is 15.4 Å². The highest BCUT2D eigenvalue weighted by molar-refractivity contribution is 5.79. The van der Waals surface area contributed by atoms with Gasteiger partial charge in [0.1, 0.15) is 11.9 Å². The molecule has 2 aromatic rings. The van der Waals surface area contributed by atoms with E-state index in [0.29, 0.717) is 5.69 Å². The lowest BCUT2D eigenvalue weighted by Crippen LogP contribution is -2.07. The summed E-state index contributed by atoms with van der Waals surface area (Å²) >= 11 is 0. The number of aryl methyl sites for hydroxylation is 1. The van der Waals surface area contributed by atoms with Crippen molar-refractivity contribution in [1.82, 2.24) is 9.55 Å². The molecule has 4 heteroatoms. The van der Waals surface area contributed by atoms with E-state index in [-0.39, 0.29) is 0 Å². The van der Waals surface area contributed by atoms with Gasteiger partial charge in [0.2, 0.25) is 0 Å². The molecule has 0 saturated heterocycles. The van der Waals surface area contributed by atoms with E-state index >= 15 is 0 Å². The molecule has 1 unspecified atom stereocenters. The predicted molar refractivity (Wildman–Crippen MR) is 76.7 cm³/mol. The lowest BCUT2D eigenvalue weighted by molar-refractivity contribution is 0.184. The number of benzene rings is 1. The molecule has 0 aliphatic heterocycles. The molecule has 1 aliphatic rings. The van der Waals surface area contributed by atoms with Gasteiger partial charge in [0.15, 0.2) is 0 Å². The fourth-order valence-electron chi connectivity index (χ4n) is 2.66. The number of fused-ring (bicyclic) bond motifs is 1. The van der Waals surface area contributed by atoms with E-state index in [2.05, 4.69) is 9.55 Å². The zero-order valence-corrected chi connectivity index (χ0v) is 11.3. The molecule has 1 heterocycles. The Bertz CT molecular complexity index is 584. The Labute approximate surface area is 113 Å². The molecule has 1 aromatic carbocycles. The normalized spacial score (nSPS) is 16.9. The number of anilines is 1. The second-order valence-electron chi connectivity index (χ2n) is 5.63. The average molecular weight is 259 g/mol. The van der Waals surface area contributed by atoms with Crippen LogP contribution in [0.4, 0.5) is 5.69 Å². The van der Waals surface area contributed by atoms with E-state index in [1.807, 2.05) is 18.2 Å². The Kier molecular flexibility index (Phi) is 3.19. The molecule has 0 spiro atoms. The Morgan fingerprint density at radius 2 is 2.26 bits per heavy atom. The molecular weight excluding hydrogens is 238 g/mol. The average Bonchev–Trinajstić information content (AvgIpc) is 3.11. The van der Waals surface area contributed by atoms with Crippen molar-refractivity contribution in [3.05, 3.63) is 24.0 Å². The summed E-state index contributed by atoms with van der Waals surface area (Å²) in [7, 11) is 0. The van der Waals surface area contributed by atoms with Crippen molar-refractivity contribution in [3.63, 3.8) is 0 Å². The molecule has 1 fully saturated rings. The van der Waals surface area contributed by atoms with Crippen molar-refractivity contribution in [3.8, 4) is 0 Å². The summed E-state index contributed by atoms with van der Waals surface area (Å²) in [5.41, 5.74) is 8.46. The smallest absolute Gasteiger partial charge is 0.138 e. The fraction of sp³-hybridized carbons (Fsp3) is 0.533. The third-order valence-electron chi connectivity index (χ3n) is 3.87. The predicted octanol–water partition coefficient (Wildman–Crippen LogP) is 2.86. The number of hydrogen-bond donors (Lipinski definition) is 2. The summed E-state index contributed by atoms with van der Waals surface area (Å²) < 4.78 is 2.14. The Morgan fingerprint density at radius 3 is 2.95 bits per heavy atom. The van der Waals surface area contributed by atoms with Crippen molar-refractivity contribution >= 4 is 16.7 Å². The monoisotopic (exact) mass is 259 g/mol. The van der Waals surface area contributed by atoms with Crippen LogP contribution >= 0.6 is 0 Å². The number of hydrogen-bond acceptors (Lipinski definition) is 3. The summed E-state index contributed by atoms with van der Waals surface area (Å²) in [6.45, 7) is 2.69. The van der Waals surface area contributed by atoms with E-state index in [9.17, 15) is 5.11 Å². The first kappa shape index (κ1) is 12.5. The fourth-order valence-corrected chi connectivity index (χ4v) is 2.66. The molecule has 19 heavy (non-hydrogen) atoms. The first-order chi connectivity index (χ1) is 9.15. The molecule has 3 N–H and O–H groups in total. The first-order valence-electron chi connectivity index (χ1n) is 7.09. The minimum Gasteiger partial charge on any atom is -0.399 e. The van der Waals surface area contributed by atoms with E-state index < -0.39 is 6.10 Å². The van der Waals surface area contributed by atoms with E-state index in [1.54, 1.807) is 6.92 Å². The number of nitrogens with zero attached hydrogens (tertiary/aromatic N) is 2. The summed E-state index contributed by atoms with van der Waals surface area (Å²) in [6, 6.07) is 5.77. The lowest BCUT2D eigenvalue weighted by Gasteiger charge is -2.10. The zero-order chi connectivity index (χ0) is 13.4. The lowest BCUT2D eigenvalue weighted by atomic mass is 10.2. The zero-order valence-electron chi connectivity index (χ0n) is 11.3. The number of nitrogen functional groups attached to an aromatic ring is 1. The maximum atomic E-state index is 9.88. The van der Waals surface area contributed by atoms with Crippen molar-refractivity contribution < 1.29 is 5.11 Å². The van der Waals surface area contributed by atoms with Crippen molar-refractivity contribution in [2.75, 3.05) is 5.73 Å². The first-order valence-corrected chi connectivity index (χ1v) is 7.09. The number of aliphatic hydroxyl groups is 1. The third kappa shape index (κ3) is 2.59. The molecule has 1 aromatic heterocycles. The van der Waals surface area contributed by atoms with Gasteiger partial charge in [0, 0.05) is 12.2 Å². The molecule has 0 bridgehead atoms. The largest absolute Gasteiger partial charge is 0.399 e. The maximum absolute atomic E-state index is 9.88. The van der Waals surface area contributed by atoms with Crippen molar-refractivity contribution in [2.24, 2.45) is 5.92 Å². The molecule has 0 amide bonds. The standard InChI is InChI=1S/C15H21N3O/c1-10(19)15-17-13-9-12(16)6-7-14(13)18(15)8-2-3-11-4-5-11/h6-7,9-11,19H,2-5,8,16H2,1H3.